The van der Waals surface area contributed by atoms with Crippen LogP contribution in [0.1, 0.15) is 16.7 Å². The van der Waals surface area contributed by atoms with E-state index in [9.17, 15) is 9.59 Å². The molecule has 0 spiro atoms. The topological polar surface area (TPSA) is 65.1 Å². The Morgan fingerprint density at radius 1 is 1.00 bits per heavy atom. The van der Waals surface area contributed by atoms with E-state index in [2.05, 4.69) is 6.07 Å². The van der Waals surface area contributed by atoms with Crippen LogP contribution in [0.4, 0.5) is 0 Å². The van der Waals surface area contributed by atoms with Crippen LogP contribution >= 0.6 is 0 Å². The minimum absolute atomic E-state index is 0.0659. The molecule has 0 atom stereocenters. The number of amides is 1. The van der Waals surface area contributed by atoms with Crippen LogP contribution < -0.4 is 9.47 Å². The fourth-order valence-corrected chi connectivity index (χ4v) is 3.15. The number of nitrogens with zero attached hydrogens (tertiary/aromatic N) is 1. The number of hydrogen-bond acceptors (Lipinski definition) is 5. The molecule has 2 aromatic carbocycles. The third kappa shape index (κ3) is 4.58. The Kier molecular flexibility index (Phi) is 5.96. The monoisotopic (exact) mass is 369 g/mol. The van der Waals surface area contributed by atoms with Gasteiger partial charge < -0.3 is 19.1 Å². The SMILES string of the molecule is COc1ccc(CC(=O)OCC(=O)N2CCc3ccccc3C2)cc1OC. The molecule has 0 aromatic heterocycles. The van der Waals surface area contributed by atoms with E-state index in [-0.39, 0.29) is 18.9 Å². The summed E-state index contributed by atoms with van der Waals surface area (Å²) < 4.78 is 15.6. The molecule has 0 bridgehead atoms. The van der Waals surface area contributed by atoms with Crippen molar-refractivity contribution in [3.63, 3.8) is 0 Å². The second-order valence-corrected chi connectivity index (χ2v) is 6.36. The lowest BCUT2D eigenvalue weighted by atomic mass is 10.00. The van der Waals surface area contributed by atoms with Crippen molar-refractivity contribution in [1.29, 1.82) is 0 Å². The molecular formula is C21H23NO5. The number of carbonyl (C=O) groups is 2. The van der Waals surface area contributed by atoms with Crippen molar-refractivity contribution in [3.05, 3.63) is 59.2 Å². The number of methoxy groups -OCH3 is 2. The Balaban J connectivity index is 1.51. The zero-order valence-corrected chi connectivity index (χ0v) is 15.6. The van der Waals surface area contributed by atoms with Gasteiger partial charge in [0.15, 0.2) is 18.1 Å². The van der Waals surface area contributed by atoms with Crippen LogP contribution in [0.25, 0.3) is 0 Å². The number of carbonyl (C=O) groups excluding carboxylic acids is 2. The predicted octanol–water partition coefficient (Wildman–Crippen LogP) is 2.37. The van der Waals surface area contributed by atoms with Crippen molar-refractivity contribution < 1.29 is 23.8 Å². The van der Waals surface area contributed by atoms with Gasteiger partial charge in [-0.2, -0.15) is 0 Å². The average Bonchev–Trinajstić information content (AvgIpc) is 2.71. The van der Waals surface area contributed by atoms with Crippen molar-refractivity contribution >= 4 is 11.9 Å². The molecular weight excluding hydrogens is 346 g/mol. The van der Waals surface area contributed by atoms with Crippen LogP contribution in [-0.2, 0) is 33.7 Å². The highest BCUT2D eigenvalue weighted by Crippen LogP contribution is 2.27. The molecule has 6 heteroatoms. The van der Waals surface area contributed by atoms with Gasteiger partial charge >= 0.3 is 5.97 Å². The molecule has 0 saturated heterocycles. The number of ether oxygens (including phenoxy) is 3. The zero-order valence-electron chi connectivity index (χ0n) is 15.6. The van der Waals surface area contributed by atoms with Gasteiger partial charge in [0.25, 0.3) is 5.91 Å². The van der Waals surface area contributed by atoms with E-state index in [1.54, 1.807) is 30.2 Å². The Labute approximate surface area is 158 Å². The Morgan fingerprint density at radius 3 is 2.48 bits per heavy atom. The molecule has 0 aliphatic carbocycles. The fourth-order valence-electron chi connectivity index (χ4n) is 3.15. The first kappa shape index (κ1) is 18.8. The highest BCUT2D eigenvalue weighted by Gasteiger charge is 2.21. The largest absolute Gasteiger partial charge is 0.493 e. The van der Waals surface area contributed by atoms with Crippen molar-refractivity contribution in [1.82, 2.24) is 4.90 Å². The molecule has 0 saturated carbocycles. The summed E-state index contributed by atoms with van der Waals surface area (Å²) >= 11 is 0. The molecule has 1 amide bonds. The molecule has 0 unspecified atom stereocenters. The van der Waals surface area contributed by atoms with E-state index in [0.29, 0.717) is 24.6 Å². The molecule has 0 N–H and O–H groups in total. The van der Waals surface area contributed by atoms with Crippen LogP contribution in [0, 0.1) is 0 Å². The summed E-state index contributed by atoms with van der Waals surface area (Å²) in [5.74, 6) is 0.513. The first-order valence-corrected chi connectivity index (χ1v) is 8.82. The smallest absolute Gasteiger partial charge is 0.310 e. The van der Waals surface area contributed by atoms with Crippen molar-refractivity contribution in [2.45, 2.75) is 19.4 Å². The van der Waals surface area contributed by atoms with Gasteiger partial charge in [0.1, 0.15) is 0 Å². The number of fused-ring (bicyclic) bond motifs is 1. The first-order chi connectivity index (χ1) is 13.1. The maximum atomic E-state index is 12.4. The highest BCUT2D eigenvalue weighted by atomic mass is 16.5. The van der Waals surface area contributed by atoms with Gasteiger partial charge in [0.2, 0.25) is 0 Å². The lowest BCUT2D eigenvalue weighted by molar-refractivity contribution is -0.151. The van der Waals surface area contributed by atoms with Crippen molar-refractivity contribution in [3.8, 4) is 11.5 Å². The minimum atomic E-state index is -0.451. The zero-order chi connectivity index (χ0) is 19.2. The van der Waals surface area contributed by atoms with Crippen LogP contribution in [0.2, 0.25) is 0 Å². The van der Waals surface area contributed by atoms with Crippen LogP contribution in [0.15, 0.2) is 42.5 Å². The summed E-state index contributed by atoms with van der Waals surface area (Å²) in [4.78, 5) is 26.2. The van der Waals surface area contributed by atoms with E-state index >= 15 is 0 Å². The predicted molar refractivity (Wildman–Crippen MR) is 99.8 cm³/mol. The lowest BCUT2D eigenvalue weighted by Gasteiger charge is -2.28. The third-order valence-corrected chi connectivity index (χ3v) is 4.64. The van der Waals surface area contributed by atoms with E-state index in [1.165, 1.54) is 12.7 Å². The van der Waals surface area contributed by atoms with Gasteiger partial charge in [0.05, 0.1) is 20.6 Å². The summed E-state index contributed by atoms with van der Waals surface area (Å²) in [5, 5.41) is 0. The summed E-state index contributed by atoms with van der Waals surface area (Å²) in [6.45, 7) is 0.958. The van der Waals surface area contributed by atoms with Crippen LogP contribution in [-0.4, -0.2) is 44.1 Å². The van der Waals surface area contributed by atoms with E-state index in [1.807, 2.05) is 18.2 Å². The van der Waals surface area contributed by atoms with Gasteiger partial charge in [-0.3, -0.25) is 9.59 Å². The standard InChI is InChI=1S/C21H23NO5/c1-25-18-8-7-15(11-19(18)26-2)12-21(24)27-14-20(23)22-10-9-16-5-3-4-6-17(16)13-22/h3-8,11H,9-10,12-14H2,1-2H3. The van der Waals surface area contributed by atoms with Gasteiger partial charge in [-0.25, -0.2) is 0 Å². The summed E-state index contributed by atoms with van der Waals surface area (Å²) in [6, 6.07) is 13.3. The molecule has 27 heavy (non-hydrogen) atoms. The maximum absolute atomic E-state index is 12.4. The molecule has 2 aromatic rings. The van der Waals surface area contributed by atoms with Gasteiger partial charge in [-0.15, -0.1) is 0 Å². The quantitative estimate of drug-likeness (QED) is 0.732. The number of benzene rings is 2. The number of rotatable bonds is 6. The second-order valence-electron chi connectivity index (χ2n) is 6.36. The van der Waals surface area contributed by atoms with Crippen LogP contribution in [0.3, 0.4) is 0 Å². The van der Waals surface area contributed by atoms with Gasteiger partial charge in [0, 0.05) is 13.1 Å². The number of esters is 1. The van der Waals surface area contributed by atoms with E-state index in [0.717, 1.165) is 17.5 Å². The Morgan fingerprint density at radius 2 is 1.74 bits per heavy atom. The Bertz CT molecular complexity index is 833. The van der Waals surface area contributed by atoms with Gasteiger partial charge in [-0.05, 0) is 35.2 Å². The average molecular weight is 369 g/mol. The van der Waals surface area contributed by atoms with Crippen molar-refractivity contribution in [2.24, 2.45) is 0 Å². The molecule has 6 nitrogen and oxygen atoms in total. The van der Waals surface area contributed by atoms with Crippen molar-refractivity contribution in [2.75, 3.05) is 27.4 Å². The normalized spacial score (nSPS) is 12.9. The Hall–Kier alpha value is -3.02. The molecule has 142 valence electrons. The molecule has 1 heterocycles. The number of hydrogen-bond donors (Lipinski definition) is 0. The molecule has 3 rings (SSSR count). The van der Waals surface area contributed by atoms with Crippen LogP contribution in [0.5, 0.6) is 11.5 Å². The molecule has 0 fully saturated rings. The molecule has 0 radical (unpaired) electrons. The van der Waals surface area contributed by atoms with E-state index < -0.39 is 5.97 Å². The third-order valence-electron chi connectivity index (χ3n) is 4.64. The minimum Gasteiger partial charge on any atom is -0.493 e. The second kappa shape index (κ2) is 8.58. The summed E-state index contributed by atoms with van der Waals surface area (Å²) in [6.07, 6.45) is 0.887. The molecule has 1 aliphatic heterocycles. The highest BCUT2D eigenvalue weighted by molar-refractivity contribution is 5.81. The fraction of sp³-hybridized carbons (Fsp3) is 0.333. The maximum Gasteiger partial charge on any atom is 0.310 e. The van der Waals surface area contributed by atoms with E-state index in [4.69, 9.17) is 14.2 Å². The first-order valence-electron chi connectivity index (χ1n) is 8.82. The van der Waals surface area contributed by atoms with Gasteiger partial charge in [-0.1, -0.05) is 30.3 Å². The lowest BCUT2D eigenvalue weighted by Crippen LogP contribution is -2.38. The summed E-state index contributed by atoms with van der Waals surface area (Å²) in [5.41, 5.74) is 3.15. The molecule has 1 aliphatic rings. The summed E-state index contributed by atoms with van der Waals surface area (Å²) in [7, 11) is 3.09.